The monoisotopic (exact) mass is 325 g/mol. The number of aromatic nitrogens is 2. The number of ether oxygens (including phenoxy) is 1. The minimum atomic E-state index is -4.49. The SMILES string of the molecule is CC1(C)Oc2cnccc2-c2c1cc(C(N)=O)n2CC(F)(F)F. The molecule has 2 N–H and O–H groups in total. The van der Waals surface area contributed by atoms with Crippen molar-refractivity contribution < 1.29 is 22.7 Å². The Bertz CT molecular complexity index is 794. The van der Waals surface area contributed by atoms with Crippen LogP contribution in [0.3, 0.4) is 0 Å². The molecule has 8 heteroatoms. The van der Waals surface area contributed by atoms with Crippen molar-refractivity contribution in [2.75, 3.05) is 0 Å². The van der Waals surface area contributed by atoms with E-state index in [1.165, 1.54) is 18.5 Å². The normalized spacial score (nSPS) is 15.5. The number of carbonyl (C=O) groups excluding carboxylic acids is 1. The number of hydrogen-bond donors (Lipinski definition) is 1. The number of fused-ring (bicyclic) bond motifs is 3. The Labute approximate surface area is 129 Å². The van der Waals surface area contributed by atoms with E-state index in [0.717, 1.165) is 4.57 Å². The van der Waals surface area contributed by atoms with Gasteiger partial charge in [-0.15, -0.1) is 0 Å². The van der Waals surface area contributed by atoms with E-state index >= 15 is 0 Å². The molecule has 23 heavy (non-hydrogen) atoms. The molecule has 0 bridgehead atoms. The molecule has 0 radical (unpaired) electrons. The van der Waals surface area contributed by atoms with E-state index in [9.17, 15) is 18.0 Å². The fraction of sp³-hybridized carbons (Fsp3) is 0.333. The summed E-state index contributed by atoms with van der Waals surface area (Å²) in [5.74, 6) is -0.558. The molecule has 0 aromatic carbocycles. The molecule has 0 fully saturated rings. The molecule has 2 aromatic heterocycles. The van der Waals surface area contributed by atoms with Gasteiger partial charge in [-0.1, -0.05) is 0 Å². The smallest absolute Gasteiger partial charge is 0.406 e. The summed E-state index contributed by atoms with van der Waals surface area (Å²) in [5, 5.41) is 0. The van der Waals surface area contributed by atoms with Crippen LogP contribution >= 0.6 is 0 Å². The predicted molar refractivity (Wildman–Crippen MR) is 75.9 cm³/mol. The zero-order valence-corrected chi connectivity index (χ0v) is 12.4. The first-order valence-corrected chi connectivity index (χ1v) is 6.84. The average molecular weight is 325 g/mol. The quantitative estimate of drug-likeness (QED) is 0.923. The maximum Gasteiger partial charge on any atom is 0.406 e. The van der Waals surface area contributed by atoms with Crippen molar-refractivity contribution in [3.8, 4) is 17.0 Å². The number of carbonyl (C=O) groups is 1. The topological polar surface area (TPSA) is 70.1 Å². The Kier molecular flexibility index (Phi) is 3.17. The number of alkyl halides is 3. The van der Waals surface area contributed by atoms with Gasteiger partial charge in [-0.2, -0.15) is 13.2 Å². The number of amides is 1. The molecule has 2 aromatic rings. The number of nitrogens with two attached hydrogens (primary N) is 1. The lowest BCUT2D eigenvalue weighted by Crippen LogP contribution is -2.30. The summed E-state index contributed by atoms with van der Waals surface area (Å²) in [6.07, 6.45) is -1.60. The van der Waals surface area contributed by atoms with Crippen molar-refractivity contribution in [2.45, 2.75) is 32.2 Å². The van der Waals surface area contributed by atoms with E-state index in [2.05, 4.69) is 4.98 Å². The Hall–Kier alpha value is -2.51. The van der Waals surface area contributed by atoms with Crippen LogP contribution in [0.1, 0.15) is 29.9 Å². The molecule has 1 aliphatic rings. The van der Waals surface area contributed by atoms with E-state index in [1.54, 1.807) is 19.9 Å². The van der Waals surface area contributed by atoms with Crippen molar-refractivity contribution in [1.29, 1.82) is 0 Å². The molecule has 1 amide bonds. The van der Waals surface area contributed by atoms with Gasteiger partial charge in [-0.3, -0.25) is 9.78 Å². The molecular formula is C15H14F3N3O2. The number of halogens is 3. The largest absolute Gasteiger partial charge is 0.481 e. The highest BCUT2D eigenvalue weighted by Crippen LogP contribution is 2.46. The highest BCUT2D eigenvalue weighted by atomic mass is 19.4. The summed E-state index contributed by atoms with van der Waals surface area (Å²) >= 11 is 0. The Morgan fingerprint density at radius 2 is 2.13 bits per heavy atom. The molecular weight excluding hydrogens is 311 g/mol. The molecule has 3 heterocycles. The lowest BCUT2D eigenvalue weighted by molar-refractivity contribution is -0.140. The van der Waals surface area contributed by atoms with Crippen LogP contribution < -0.4 is 10.5 Å². The second-order valence-electron chi connectivity index (χ2n) is 5.84. The first-order valence-electron chi connectivity index (χ1n) is 6.84. The molecule has 0 saturated carbocycles. The Balaban J connectivity index is 2.34. The van der Waals surface area contributed by atoms with Gasteiger partial charge in [0.05, 0.1) is 11.9 Å². The Morgan fingerprint density at radius 3 is 2.74 bits per heavy atom. The molecule has 1 aliphatic heterocycles. The number of nitrogens with zero attached hydrogens (tertiary/aromatic N) is 2. The van der Waals surface area contributed by atoms with Crippen LogP contribution in [0.5, 0.6) is 5.75 Å². The van der Waals surface area contributed by atoms with Gasteiger partial charge in [-0.25, -0.2) is 0 Å². The van der Waals surface area contributed by atoms with Crippen LogP contribution in [-0.2, 0) is 12.1 Å². The minimum absolute atomic E-state index is 0.200. The van der Waals surface area contributed by atoms with Gasteiger partial charge in [0.15, 0.2) is 0 Å². The summed E-state index contributed by atoms with van der Waals surface area (Å²) in [6, 6.07) is 2.92. The standard InChI is InChI=1S/C15H14F3N3O2/c1-14(2)9-5-10(13(19)22)21(7-15(16,17)18)12(9)8-3-4-20-6-11(8)23-14/h3-6H,7H2,1-2H3,(H2,19,22). The van der Waals surface area contributed by atoms with Crippen LogP contribution in [0, 0.1) is 0 Å². The average Bonchev–Trinajstić information content (AvgIpc) is 2.77. The third-order valence-electron chi connectivity index (χ3n) is 3.74. The van der Waals surface area contributed by atoms with Crippen molar-refractivity contribution in [3.63, 3.8) is 0 Å². The summed E-state index contributed by atoms with van der Waals surface area (Å²) in [7, 11) is 0. The fourth-order valence-corrected chi connectivity index (χ4v) is 2.83. The van der Waals surface area contributed by atoms with E-state index in [0.29, 0.717) is 16.9 Å². The summed E-state index contributed by atoms with van der Waals surface area (Å²) in [6.45, 7) is 2.12. The zero-order valence-electron chi connectivity index (χ0n) is 12.4. The third-order valence-corrected chi connectivity index (χ3v) is 3.74. The maximum absolute atomic E-state index is 13.0. The van der Waals surface area contributed by atoms with Crippen molar-refractivity contribution in [1.82, 2.24) is 9.55 Å². The van der Waals surface area contributed by atoms with Gasteiger partial charge in [0, 0.05) is 17.3 Å². The lowest BCUT2D eigenvalue weighted by atomic mass is 9.92. The van der Waals surface area contributed by atoms with E-state index < -0.39 is 24.2 Å². The van der Waals surface area contributed by atoms with E-state index in [1.807, 2.05) is 0 Å². The van der Waals surface area contributed by atoms with Crippen molar-refractivity contribution in [2.24, 2.45) is 5.73 Å². The number of primary amides is 1. The molecule has 0 atom stereocenters. The maximum atomic E-state index is 13.0. The number of rotatable bonds is 2. The van der Waals surface area contributed by atoms with Crippen molar-refractivity contribution >= 4 is 5.91 Å². The van der Waals surface area contributed by atoms with Gasteiger partial charge in [0.2, 0.25) is 0 Å². The minimum Gasteiger partial charge on any atom is -0.481 e. The highest BCUT2D eigenvalue weighted by Gasteiger charge is 2.40. The first kappa shape index (κ1) is 15.4. The summed E-state index contributed by atoms with van der Waals surface area (Å²) in [5.41, 5.74) is 5.38. The second kappa shape index (κ2) is 4.74. The molecule has 122 valence electrons. The first-order chi connectivity index (χ1) is 10.6. The fourth-order valence-electron chi connectivity index (χ4n) is 2.83. The molecule has 0 unspecified atom stereocenters. The molecule has 0 spiro atoms. The van der Waals surface area contributed by atoms with Crippen LogP contribution in [0.2, 0.25) is 0 Å². The highest BCUT2D eigenvalue weighted by molar-refractivity contribution is 5.94. The van der Waals surface area contributed by atoms with Gasteiger partial charge >= 0.3 is 6.18 Å². The number of pyridine rings is 1. The predicted octanol–water partition coefficient (Wildman–Crippen LogP) is 2.84. The van der Waals surface area contributed by atoms with Gasteiger partial charge < -0.3 is 15.0 Å². The second-order valence-corrected chi connectivity index (χ2v) is 5.84. The van der Waals surface area contributed by atoms with E-state index in [-0.39, 0.29) is 11.4 Å². The summed E-state index contributed by atoms with van der Waals surface area (Å²) in [4.78, 5) is 15.6. The molecule has 3 rings (SSSR count). The van der Waals surface area contributed by atoms with E-state index in [4.69, 9.17) is 10.5 Å². The Morgan fingerprint density at radius 1 is 1.43 bits per heavy atom. The van der Waals surface area contributed by atoms with Gasteiger partial charge in [-0.05, 0) is 26.0 Å². The molecule has 0 aliphatic carbocycles. The lowest BCUT2D eigenvalue weighted by Gasteiger charge is -2.33. The number of hydrogen-bond acceptors (Lipinski definition) is 3. The van der Waals surface area contributed by atoms with Crippen LogP contribution in [0.15, 0.2) is 24.5 Å². The third kappa shape index (κ3) is 2.54. The van der Waals surface area contributed by atoms with Gasteiger partial charge in [0.1, 0.15) is 23.6 Å². The van der Waals surface area contributed by atoms with Crippen LogP contribution in [-0.4, -0.2) is 21.6 Å². The van der Waals surface area contributed by atoms with Gasteiger partial charge in [0.25, 0.3) is 5.91 Å². The molecule has 0 saturated heterocycles. The molecule has 5 nitrogen and oxygen atoms in total. The zero-order chi connectivity index (χ0) is 17.0. The van der Waals surface area contributed by atoms with Crippen LogP contribution in [0.25, 0.3) is 11.3 Å². The van der Waals surface area contributed by atoms with Crippen LogP contribution in [0.4, 0.5) is 13.2 Å². The van der Waals surface area contributed by atoms with Crippen molar-refractivity contribution in [3.05, 3.63) is 35.8 Å². The summed E-state index contributed by atoms with van der Waals surface area (Å²) < 4.78 is 45.7.